The summed E-state index contributed by atoms with van der Waals surface area (Å²) < 4.78 is 62.1. The van der Waals surface area contributed by atoms with Crippen LogP contribution in [0.15, 0.2) is 0 Å². The second-order valence-electron chi connectivity index (χ2n) is 15.6. The average Bonchev–Trinajstić information content (AvgIpc) is 2.64. The molecule has 4 atom stereocenters. The first-order valence-corrected chi connectivity index (χ1v) is 30.3. The summed E-state index contributed by atoms with van der Waals surface area (Å²) in [5, 5.41) is 0. The molecule has 3 fully saturated rings. The molecule has 3 aliphatic rings. The first-order valence-electron chi connectivity index (χ1n) is 16.3. The van der Waals surface area contributed by atoms with Crippen molar-refractivity contribution in [1.82, 2.24) is 0 Å². The molecule has 12 nitrogen and oxygen atoms in total. The van der Waals surface area contributed by atoms with Gasteiger partial charge in [-0.05, 0) is 35.5 Å². The largest absolute Gasteiger partial charge is 0.483 e. The molecule has 19 heteroatoms. The Kier molecular flexibility index (Phi) is 12.7. The molecule has 4 unspecified atom stereocenters. The Balaban J connectivity index is 2.46. The van der Waals surface area contributed by atoms with E-state index >= 15 is 0 Å². The third kappa shape index (κ3) is 10.5. The Labute approximate surface area is 273 Å². The summed E-state index contributed by atoms with van der Waals surface area (Å²) >= 11 is 0. The Bertz CT molecular complexity index is 920. The summed E-state index contributed by atoms with van der Waals surface area (Å²) in [5.74, 6) is 0.00418. The molecular formula is C25H60O12Si7. The molecular weight excluding hydrogens is 689 g/mol. The van der Waals surface area contributed by atoms with Gasteiger partial charge < -0.3 is 51.4 Å². The van der Waals surface area contributed by atoms with Crippen LogP contribution in [-0.2, 0) is 37.0 Å². The monoisotopic (exact) mass is 748 g/mol. The standard InChI is InChI=1S/C25H60O12Si7/c1-20(2)14-39(27)31-41(16-22(5)6)29-38(13,26)30-42(17-23(7)8)32-40(28,15-21(3)4)34-43(33-39,18-24(9)10)37-44(35-41,36-42)19-25(11)12/h20-28H,14-19H2,1-13H3. The van der Waals surface area contributed by atoms with E-state index in [0.29, 0.717) is 6.04 Å². The van der Waals surface area contributed by atoms with Crippen molar-refractivity contribution in [2.24, 2.45) is 35.5 Å². The molecule has 260 valence electrons. The van der Waals surface area contributed by atoms with Gasteiger partial charge in [-0.25, -0.2) is 0 Å². The summed E-state index contributed by atoms with van der Waals surface area (Å²) in [5.41, 5.74) is 0. The third-order valence-corrected chi connectivity index (χ3v) is 37.8. The lowest BCUT2D eigenvalue weighted by molar-refractivity contribution is 0.00529. The van der Waals surface area contributed by atoms with Gasteiger partial charge in [0.2, 0.25) is 0 Å². The lowest BCUT2D eigenvalue weighted by Gasteiger charge is -2.57. The van der Waals surface area contributed by atoms with E-state index in [-0.39, 0.29) is 65.7 Å². The molecule has 44 heavy (non-hydrogen) atoms. The first kappa shape index (κ1) is 39.5. The molecule has 0 aromatic heterocycles. The number of fused-ring (bicyclic) bond motifs is 3. The van der Waals surface area contributed by atoms with Crippen LogP contribution in [0.25, 0.3) is 0 Å². The van der Waals surface area contributed by atoms with Crippen molar-refractivity contribution in [2.45, 2.75) is 126 Å². The minimum Gasteiger partial charge on any atom is -0.391 e. The molecule has 4 bridgehead atoms. The predicted molar refractivity (Wildman–Crippen MR) is 180 cm³/mol. The molecule has 3 saturated heterocycles. The van der Waals surface area contributed by atoms with Gasteiger partial charge in [0.15, 0.2) is 0 Å². The van der Waals surface area contributed by atoms with E-state index in [9.17, 15) is 14.4 Å². The van der Waals surface area contributed by atoms with Crippen LogP contribution >= 0.6 is 0 Å². The summed E-state index contributed by atoms with van der Waals surface area (Å²) in [7, 11) is -28.7. The van der Waals surface area contributed by atoms with Crippen molar-refractivity contribution in [2.75, 3.05) is 0 Å². The van der Waals surface area contributed by atoms with Gasteiger partial charge in [-0.1, -0.05) is 83.1 Å². The molecule has 3 aliphatic heterocycles. The fourth-order valence-electron chi connectivity index (χ4n) is 6.27. The molecule has 0 radical (unpaired) electrons. The highest BCUT2D eigenvalue weighted by Gasteiger charge is 2.76. The molecule has 0 aromatic rings. The van der Waals surface area contributed by atoms with Crippen molar-refractivity contribution < 1.29 is 51.4 Å². The lowest BCUT2D eigenvalue weighted by atomic mass is 10.3. The average molecular weight is 749 g/mol. The van der Waals surface area contributed by atoms with Crippen molar-refractivity contribution in [3.8, 4) is 0 Å². The van der Waals surface area contributed by atoms with Crippen LogP contribution in [0, 0.1) is 35.5 Å². The summed E-state index contributed by atoms with van der Waals surface area (Å²) in [4.78, 5) is 36.9. The Morgan fingerprint density at radius 3 is 0.773 bits per heavy atom. The van der Waals surface area contributed by atoms with Gasteiger partial charge >= 0.3 is 61.6 Å². The topological polar surface area (TPSA) is 144 Å². The Morgan fingerprint density at radius 2 is 0.545 bits per heavy atom. The van der Waals surface area contributed by atoms with Gasteiger partial charge in [0.1, 0.15) is 0 Å². The Hall–Kier alpha value is 1.04. The van der Waals surface area contributed by atoms with Crippen molar-refractivity contribution in [1.29, 1.82) is 0 Å². The maximum absolute atomic E-state index is 12.5. The summed E-state index contributed by atoms with van der Waals surface area (Å²) in [6.07, 6.45) is 0. The van der Waals surface area contributed by atoms with Crippen molar-refractivity contribution in [3.63, 3.8) is 0 Å². The van der Waals surface area contributed by atoms with E-state index in [1.54, 1.807) is 0 Å². The minimum atomic E-state index is -4.23. The number of hydrogen-bond donors (Lipinski definition) is 3. The van der Waals surface area contributed by atoms with E-state index in [0.717, 1.165) is 0 Å². The number of rotatable bonds is 12. The van der Waals surface area contributed by atoms with Gasteiger partial charge in [0.25, 0.3) is 0 Å². The zero-order valence-electron chi connectivity index (χ0n) is 29.2. The fourth-order valence-corrected chi connectivity index (χ4v) is 43.9. The smallest absolute Gasteiger partial charge is 0.391 e. The van der Waals surface area contributed by atoms with Crippen LogP contribution in [0.2, 0.25) is 42.8 Å². The highest BCUT2D eigenvalue weighted by atomic mass is 28.6. The molecule has 0 aromatic carbocycles. The molecule has 3 rings (SSSR count). The van der Waals surface area contributed by atoms with Crippen LogP contribution in [0.1, 0.15) is 83.1 Å². The molecule has 3 N–H and O–H groups in total. The second-order valence-corrected chi connectivity index (χ2v) is 35.5. The van der Waals surface area contributed by atoms with Gasteiger partial charge in [0, 0.05) is 42.8 Å². The van der Waals surface area contributed by atoms with Gasteiger partial charge in [-0.15, -0.1) is 0 Å². The van der Waals surface area contributed by atoms with Crippen LogP contribution < -0.4 is 0 Å². The lowest BCUT2D eigenvalue weighted by Crippen LogP contribution is -2.82. The predicted octanol–water partition coefficient (Wildman–Crippen LogP) is 5.29. The minimum absolute atomic E-state index is 0.00440. The fraction of sp³-hybridized carbons (Fsp3) is 1.00. The van der Waals surface area contributed by atoms with Crippen molar-refractivity contribution >= 4 is 61.6 Å². The zero-order chi connectivity index (χ0) is 33.6. The summed E-state index contributed by atoms with van der Waals surface area (Å²) in [6.45, 7) is 25.5. The molecule has 0 spiro atoms. The second kappa shape index (κ2) is 14.1. The quantitative estimate of drug-likeness (QED) is 0.223. The first-order chi connectivity index (χ1) is 19.9. The van der Waals surface area contributed by atoms with E-state index in [2.05, 4.69) is 0 Å². The van der Waals surface area contributed by atoms with Crippen molar-refractivity contribution in [3.05, 3.63) is 0 Å². The van der Waals surface area contributed by atoms with E-state index in [1.165, 1.54) is 6.55 Å². The normalized spacial score (nSPS) is 41.9. The highest BCUT2D eigenvalue weighted by molar-refractivity contribution is 6.98. The maximum Gasteiger partial charge on any atom is 0.483 e. The third-order valence-electron chi connectivity index (χ3n) is 6.85. The van der Waals surface area contributed by atoms with Gasteiger partial charge in [0.05, 0.1) is 0 Å². The SMILES string of the molecule is CC(C)C[Si]1(O)O[Si]2(CC(C)C)O[Si](C)(O)O[Si]3(CC(C)C)O[Si](O)(CC(C)C)O[Si](CC(C)C)(O1)O[Si](CC(C)C)(O2)O3. The molecule has 3 heterocycles. The van der Waals surface area contributed by atoms with Crippen LogP contribution in [0.3, 0.4) is 0 Å². The summed E-state index contributed by atoms with van der Waals surface area (Å²) in [6, 6.07) is 1.54. The number of hydrogen-bond acceptors (Lipinski definition) is 12. The Morgan fingerprint density at radius 1 is 0.341 bits per heavy atom. The molecule has 0 amide bonds. The van der Waals surface area contributed by atoms with E-state index < -0.39 is 61.6 Å². The molecule has 0 saturated carbocycles. The highest BCUT2D eigenvalue weighted by Crippen LogP contribution is 2.48. The van der Waals surface area contributed by atoms with Crippen LogP contribution in [0.5, 0.6) is 0 Å². The molecule has 0 aliphatic carbocycles. The zero-order valence-corrected chi connectivity index (χ0v) is 36.2. The van der Waals surface area contributed by atoms with Gasteiger partial charge in [-0.2, -0.15) is 0 Å². The van der Waals surface area contributed by atoms with Gasteiger partial charge in [-0.3, -0.25) is 0 Å². The maximum atomic E-state index is 12.5. The van der Waals surface area contributed by atoms with E-state index in [1.807, 2.05) is 83.1 Å². The van der Waals surface area contributed by atoms with Crippen LogP contribution in [0.4, 0.5) is 0 Å². The van der Waals surface area contributed by atoms with Crippen LogP contribution in [-0.4, -0.2) is 76.0 Å². The van der Waals surface area contributed by atoms with E-state index in [4.69, 9.17) is 37.0 Å².